The highest BCUT2D eigenvalue weighted by Gasteiger charge is 2.23. The predicted octanol–water partition coefficient (Wildman–Crippen LogP) is 3.62. The Labute approximate surface area is 149 Å². The summed E-state index contributed by atoms with van der Waals surface area (Å²) in [6.45, 7) is 2.65. The van der Waals surface area contributed by atoms with Crippen LogP contribution < -0.4 is 10.2 Å². The minimum atomic E-state index is -0.379. The number of nitrogens with one attached hydrogen (secondary N) is 1. The molecule has 7 heteroatoms. The van der Waals surface area contributed by atoms with E-state index in [0.717, 1.165) is 24.2 Å². The number of amides is 2. The number of anilines is 2. The number of carbonyl (C=O) groups is 2. The van der Waals surface area contributed by atoms with Crippen molar-refractivity contribution in [3.05, 3.63) is 53.9 Å². The van der Waals surface area contributed by atoms with Crippen LogP contribution in [0.25, 0.3) is 11.5 Å². The molecule has 1 aromatic carbocycles. The summed E-state index contributed by atoms with van der Waals surface area (Å²) in [4.78, 5) is 26.1. The van der Waals surface area contributed by atoms with Crippen LogP contribution in [0.2, 0.25) is 0 Å². The predicted molar refractivity (Wildman–Crippen MR) is 94.9 cm³/mol. The van der Waals surface area contributed by atoms with Gasteiger partial charge in [-0.05, 0) is 49.2 Å². The van der Waals surface area contributed by atoms with Gasteiger partial charge < -0.3 is 19.2 Å². The van der Waals surface area contributed by atoms with Crippen LogP contribution in [0.3, 0.4) is 0 Å². The highest BCUT2D eigenvalue weighted by molar-refractivity contribution is 6.03. The summed E-state index contributed by atoms with van der Waals surface area (Å²) < 4.78 is 10.4. The molecule has 1 aliphatic rings. The molecule has 1 N–H and O–H groups in total. The van der Waals surface area contributed by atoms with Crippen molar-refractivity contribution in [1.29, 1.82) is 0 Å². The van der Waals surface area contributed by atoms with E-state index >= 15 is 0 Å². The molecule has 0 aliphatic carbocycles. The van der Waals surface area contributed by atoms with E-state index < -0.39 is 0 Å². The molecule has 26 heavy (non-hydrogen) atoms. The number of hydrogen-bond donors (Lipinski definition) is 1. The average molecular weight is 351 g/mol. The molecule has 0 atom stereocenters. The van der Waals surface area contributed by atoms with Crippen LogP contribution in [0.1, 0.15) is 28.9 Å². The van der Waals surface area contributed by atoms with Gasteiger partial charge in [-0.1, -0.05) is 5.16 Å². The van der Waals surface area contributed by atoms with Gasteiger partial charge in [0.25, 0.3) is 5.91 Å². The van der Waals surface area contributed by atoms with E-state index in [1.165, 1.54) is 12.3 Å². The Kier molecular flexibility index (Phi) is 4.04. The van der Waals surface area contributed by atoms with Crippen molar-refractivity contribution < 1.29 is 18.5 Å². The number of benzene rings is 1. The van der Waals surface area contributed by atoms with Crippen LogP contribution in [0, 0.1) is 6.92 Å². The zero-order chi connectivity index (χ0) is 18.1. The van der Waals surface area contributed by atoms with Gasteiger partial charge in [0.05, 0.1) is 6.26 Å². The maximum atomic E-state index is 12.4. The third-order valence-corrected chi connectivity index (χ3v) is 4.33. The fourth-order valence-electron chi connectivity index (χ4n) is 3.05. The molecule has 2 amide bonds. The van der Waals surface area contributed by atoms with Crippen LogP contribution in [-0.4, -0.2) is 23.5 Å². The van der Waals surface area contributed by atoms with Crippen molar-refractivity contribution in [3.8, 4) is 11.5 Å². The summed E-state index contributed by atoms with van der Waals surface area (Å²) in [5.41, 5.74) is 2.60. The average Bonchev–Trinajstić information content (AvgIpc) is 3.36. The minimum Gasteiger partial charge on any atom is -0.461 e. The molecule has 4 rings (SSSR count). The van der Waals surface area contributed by atoms with Crippen LogP contribution >= 0.6 is 0 Å². The smallest absolute Gasteiger partial charge is 0.277 e. The monoisotopic (exact) mass is 351 g/mol. The summed E-state index contributed by atoms with van der Waals surface area (Å²) in [5.74, 6) is 0.653. The SMILES string of the molecule is Cc1cc(NC(=O)c2cc(-c3ccco3)on2)ccc1N1CCCC1=O. The first-order valence-corrected chi connectivity index (χ1v) is 8.35. The summed E-state index contributed by atoms with van der Waals surface area (Å²) in [5, 5.41) is 6.57. The molecule has 3 aromatic rings. The Balaban J connectivity index is 1.49. The summed E-state index contributed by atoms with van der Waals surface area (Å²) in [6, 6.07) is 10.5. The normalized spacial score (nSPS) is 14.0. The molecule has 0 saturated carbocycles. The summed E-state index contributed by atoms with van der Waals surface area (Å²) >= 11 is 0. The van der Waals surface area contributed by atoms with Crippen molar-refractivity contribution in [2.24, 2.45) is 0 Å². The Bertz CT molecular complexity index is 959. The lowest BCUT2D eigenvalue weighted by molar-refractivity contribution is -0.117. The Morgan fingerprint density at radius 1 is 1.23 bits per heavy atom. The highest BCUT2D eigenvalue weighted by atomic mass is 16.5. The molecule has 3 heterocycles. The number of furan rings is 1. The third-order valence-electron chi connectivity index (χ3n) is 4.33. The lowest BCUT2D eigenvalue weighted by Crippen LogP contribution is -2.24. The maximum Gasteiger partial charge on any atom is 0.277 e. The number of hydrogen-bond acceptors (Lipinski definition) is 5. The minimum absolute atomic E-state index is 0.137. The molecular weight excluding hydrogens is 334 g/mol. The molecule has 132 valence electrons. The summed E-state index contributed by atoms with van der Waals surface area (Å²) in [6.07, 6.45) is 2.98. The van der Waals surface area contributed by atoms with Gasteiger partial charge in [0.15, 0.2) is 11.5 Å². The third kappa shape index (κ3) is 2.99. The fraction of sp³-hybridized carbons (Fsp3) is 0.211. The molecule has 0 unspecified atom stereocenters. The van der Waals surface area contributed by atoms with Crippen molar-refractivity contribution in [2.75, 3.05) is 16.8 Å². The number of nitrogens with zero attached hydrogens (tertiary/aromatic N) is 2. The number of rotatable bonds is 4. The van der Waals surface area contributed by atoms with E-state index in [-0.39, 0.29) is 17.5 Å². The van der Waals surface area contributed by atoms with Gasteiger partial charge in [-0.3, -0.25) is 9.59 Å². The zero-order valence-electron chi connectivity index (χ0n) is 14.2. The van der Waals surface area contributed by atoms with Crippen LogP contribution in [0.15, 0.2) is 51.6 Å². The van der Waals surface area contributed by atoms with E-state index in [2.05, 4.69) is 10.5 Å². The van der Waals surface area contributed by atoms with Crippen molar-refractivity contribution in [3.63, 3.8) is 0 Å². The topological polar surface area (TPSA) is 88.6 Å². The first kappa shape index (κ1) is 16.1. The standard InChI is InChI=1S/C19H17N3O4/c1-12-10-13(6-7-15(12)22-8-2-5-18(22)23)20-19(24)14-11-17(26-21-14)16-4-3-9-25-16/h3-4,6-7,9-11H,2,5,8H2,1H3,(H,20,24). The second-order valence-corrected chi connectivity index (χ2v) is 6.16. The molecule has 1 saturated heterocycles. The lowest BCUT2D eigenvalue weighted by Gasteiger charge is -2.19. The Morgan fingerprint density at radius 2 is 2.12 bits per heavy atom. The molecule has 1 aliphatic heterocycles. The largest absolute Gasteiger partial charge is 0.461 e. The fourth-order valence-corrected chi connectivity index (χ4v) is 3.05. The first-order valence-electron chi connectivity index (χ1n) is 8.35. The second kappa shape index (κ2) is 6.51. The Morgan fingerprint density at radius 3 is 2.81 bits per heavy atom. The van der Waals surface area contributed by atoms with E-state index in [0.29, 0.717) is 23.6 Å². The van der Waals surface area contributed by atoms with Crippen molar-refractivity contribution in [2.45, 2.75) is 19.8 Å². The number of carbonyl (C=O) groups excluding carboxylic acids is 2. The summed E-state index contributed by atoms with van der Waals surface area (Å²) in [7, 11) is 0. The lowest BCUT2D eigenvalue weighted by atomic mass is 10.1. The first-order chi connectivity index (χ1) is 12.6. The molecule has 0 bridgehead atoms. The van der Waals surface area contributed by atoms with Gasteiger partial charge in [-0.15, -0.1) is 0 Å². The molecule has 0 radical (unpaired) electrons. The van der Waals surface area contributed by atoms with Crippen LogP contribution in [0.4, 0.5) is 11.4 Å². The van der Waals surface area contributed by atoms with E-state index in [1.807, 2.05) is 19.1 Å². The van der Waals surface area contributed by atoms with Gasteiger partial charge >= 0.3 is 0 Å². The van der Waals surface area contributed by atoms with Gasteiger partial charge in [-0.25, -0.2) is 0 Å². The Hall–Kier alpha value is -3.35. The van der Waals surface area contributed by atoms with Crippen molar-refractivity contribution in [1.82, 2.24) is 5.16 Å². The van der Waals surface area contributed by atoms with E-state index in [9.17, 15) is 9.59 Å². The van der Waals surface area contributed by atoms with E-state index in [4.69, 9.17) is 8.94 Å². The number of aromatic nitrogens is 1. The second-order valence-electron chi connectivity index (χ2n) is 6.16. The molecule has 1 fully saturated rings. The van der Waals surface area contributed by atoms with Gasteiger partial charge in [0.1, 0.15) is 0 Å². The van der Waals surface area contributed by atoms with Gasteiger partial charge in [0.2, 0.25) is 11.7 Å². The van der Waals surface area contributed by atoms with Crippen LogP contribution in [-0.2, 0) is 4.79 Å². The van der Waals surface area contributed by atoms with E-state index in [1.54, 1.807) is 23.1 Å². The molecule has 7 nitrogen and oxygen atoms in total. The molecular formula is C19H17N3O4. The van der Waals surface area contributed by atoms with Gasteiger partial charge in [-0.2, -0.15) is 0 Å². The van der Waals surface area contributed by atoms with Gasteiger partial charge in [0, 0.05) is 30.4 Å². The quantitative estimate of drug-likeness (QED) is 0.775. The number of aryl methyl sites for hydroxylation is 1. The zero-order valence-corrected chi connectivity index (χ0v) is 14.2. The van der Waals surface area contributed by atoms with Crippen LogP contribution in [0.5, 0.6) is 0 Å². The molecule has 2 aromatic heterocycles. The van der Waals surface area contributed by atoms with Crippen molar-refractivity contribution >= 4 is 23.2 Å². The highest BCUT2D eigenvalue weighted by Crippen LogP contribution is 2.28. The maximum absolute atomic E-state index is 12.4. The molecule has 0 spiro atoms.